The van der Waals surface area contributed by atoms with Gasteiger partial charge in [-0.1, -0.05) is 12.2 Å². The summed E-state index contributed by atoms with van der Waals surface area (Å²) in [6.45, 7) is 1.55. The summed E-state index contributed by atoms with van der Waals surface area (Å²) in [6.07, 6.45) is 7.30. The van der Waals surface area contributed by atoms with Crippen LogP contribution < -0.4 is 0 Å². The lowest BCUT2D eigenvalue weighted by molar-refractivity contribution is 0.0956. The molecule has 0 aromatic carbocycles. The standard InChI is InChI=1S/C8H10O2/c1-3-7(9-5-1)8-4-2-6-10-8/h1,3-4,7H,2,5-6H2. The summed E-state index contributed by atoms with van der Waals surface area (Å²) in [7, 11) is 0. The molecule has 2 aliphatic rings. The molecular weight excluding hydrogens is 128 g/mol. The van der Waals surface area contributed by atoms with Crippen LogP contribution in [-0.4, -0.2) is 19.3 Å². The zero-order valence-corrected chi connectivity index (χ0v) is 5.75. The smallest absolute Gasteiger partial charge is 0.133 e. The fourth-order valence-electron chi connectivity index (χ4n) is 1.21. The average molecular weight is 138 g/mol. The molecule has 2 heterocycles. The van der Waals surface area contributed by atoms with Crippen molar-refractivity contribution in [2.24, 2.45) is 0 Å². The molecule has 0 aliphatic carbocycles. The number of hydrogen-bond donors (Lipinski definition) is 0. The van der Waals surface area contributed by atoms with Crippen molar-refractivity contribution in [3.05, 3.63) is 24.0 Å². The zero-order valence-electron chi connectivity index (χ0n) is 5.75. The molecule has 1 unspecified atom stereocenters. The Balaban J connectivity index is 2.04. The van der Waals surface area contributed by atoms with Crippen molar-refractivity contribution in [3.63, 3.8) is 0 Å². The van der Waals surface area contributed by atoms with Crippen LogP contribution in [-0.2, 0) is 9.47 Å². The van der Waals surface area contributed by atoms with Crippen molar-refractivity contribution in [3.8, 4) is 0 Å². The van der Waals surface area contributed by atoms with Crippen molar-refractivity contribution >= 4 is 0 Å². The summed E-state index contributed by atoms with van der Waals surface area (Å²) >= 11 is 0. The van der Waals surface area contributed by atoms with Crippen molar-refractivity contribution in [2.45, 2.75) is 12.5 Å². The third kappa shape index (κ3) is 0.948. The van der Waals surface area contributed by atoms with E-state index >= 15 is 0 Å². The molecule has 0 spiro atoms. The second-order valence-corrected chi connectivity index (χ2v) is 2.43. The maximum Gasteiger partial charge on any atom is 0.133 e. The van der Waals surface area contributed by atoms with E-state index in [-0.39, 0.29) is 6.10 Å². The van der Waals surface area contributed by atoms with Crippen LogP contribution >= 0.6 is 0 Å². The van der Waals surface area contributed by atoms with Crippen LogP contribution in [0.25, 0.3) is 0 Å². The van der Waals surface area contributed by atoms with Crippen LogP contribution in [0.4, 0.5) is 0 Å². The lowest BCUT2D eigenvalue weighted by atomic mass is 10.3. The first-order valence-corrected chi connectivity index (χ1v) is 3.58. The predicted molar refractivity (Wildman–Crippen MR) is 37.5 cm³/mol. The van der Waals surface area contributed by atoms with Gasteiger partial charge in [0.05, 0.1) is 13.2 Å². The van der Waals surface area contributed by atoms with E-state index < -0.39 is 0 Å². The molecule has 0 bridgehead atoms. The van der Waals surface area contributed by atoms with E-state index in [0.717, 1.165) is 25.4 Å². The second-order valence-electron chi connectivity index (χ2n) is 2.43. The van der Waals surface area contributed by atoms with Crippen molar-refractivity contribution < 1.29 is 9.47 Å². The molecule has 1 atom stereocenters. The first-order chi connectivity index (χ1) is 4.97. The molecule has 10 heavy (non-hydrogen) atoms. The molecule has 0 N–H and O–H groups in total. The minimum absolute atomic E-state index is 0.113. The Bertz CT molecular complexity index is 182. The van der Waals surface area contributed by atoms with E-state index in [1.165, 1.54) is 0 Å². The lowest BCUT2D eigenvalue weighted by Gasteiger charge is -2.08. The van der Waals surface area contributed by atoms with Gasteiger partial charge in [-0.15, -0.1) is 0 Å². The fourth-order valence-corrected chi connectivity index (χ4v) is 1.21. The van der Waals surface area contributed by atoms with E-state index in [0.29, 0.717) is 0 Å². The summed E-state index contributed by atoms with van der Waals surface area (Å²) < 4.78 is 10.7. The zero-order chi connectivity index (χ0) is 6.81. The Morgan fingerprint density at radius 1 is 1.50 bits per heavy atom. The number of ether oxygens (including phenoxy) is 2. The fraction of sp³-hybridized carbons (Fsp3) is 0.500. The second kappa shape index (κ2) is 2.46. The summed E-state index contributed by atoms with van der Waals surface area (Å²) in [6, 6.07) is 0. The molecule has 0 amide bonds. The average Bonchev–Trinajstić information content (AvgIpc) is 2.59. The van der Waals surface area contributed by atoms with Crippen molar-refractivity contribution in [1.82, 2.24) is 0 Å². The molecule has 2 heteroatoms. The van der Waals surface area contributed by atoms with E-state index in [2.05, 4.69) is 6.08 Å². The molecule has 0 aromatic heterocycles. The number of hydrogen-bond acceptors (Lipinski definition) is 2. The van der Waals surface area contributed by atoms with Crippen molar-refractivity contribution in [2.75, 3.05) is 13.2 Å². The van der Waals surface area contributed by atoms with E-state index in [4.69, 9.17) is 9.47 Å². The van der Waals surface area contributed by atoms with Gasteiger partial charge in [0, 0.05) is 6.42 Å². The quantitative estimate of drug-likeness (QED) is 0.507. The van der Waals surface area contributed by atoms with E-state index in [9.17, 15) is 0 Å². The molecule has 54 valence electrons. The highest BCUT2D eigenvalue weighted by Crippen LogP contribution is 2.19. The molecule has 0 aromatic rings. The summed E-state index contributed by atoms with van der Waals surface area (Å²) in [5.74, 6) is 0.994. The van der Waals surface area contributed by atoms with Gasteiger partial charge in [-0.25, -0.2) is 0 Å². The summed E-state index contributed by atoms with van der Waals surface area (Å²) in [5, 5.41) is 0. The van der Waals surface area contributed by atoms with E-state index in [1.807, 2.05) is 12.2 Å². The molecule has 0 saturated heterocycles. The van der Waals surface area contributed by atoms with E-state index in [1.54, 1.807) is 0 Å². The molecule has 0 radical (unpaired) electrons. The van der Waals surface area contributed by atoms with Crippen LogP contribution in [0.5, 0.6) is 0 Å². The van der Waals surface area contributed by atoms with Gasteiger partial charge in [-0.2, -0.15) is 0 Å². The van der Waals surface area contributed by atoms with Crippen LogP contribution in [0.2, 0.25) is 0 Å². The molecule has 0 saturated carbocycles. The van der Waals surface area contributed by atoms with Gasteiger partial charge in [0.25, 0.3) is 0 Å². The Labute approximate surface area is 60.1 Å². The van der Waals surface area contributed by atoms with Gasteiger partial charge in [0.2, 0.25) is 0 Å². The first kappa shape index (κ1) is 5.98. The van der Waals surface area contributed by atoms with Gasteiger partial charge in [-0.3, -0.25) is 0 Å². The Morgan fingerprint density at radius 3 is 3.10 bits per heavy atom. The maximum absolute atomic E-state index is 5.33. The largest absolute Gasteiger partial charge is 0.495 e. The van der Waals surface area contributed by atoms with Crippen LogP contribution in [0.15, 0.2) is 24.0 Å². The van der Waals surface area contributed by atoms with Crippen LogP contribution in [0.1, 0.15) is 6.42 Å². The Morgan fingerprint density at radius 2 is 2.50 bits per heavy atom. The maximum atomic E-state index is 5.33. The highest BCUT2D eigenvalue weighted by molar-refractivity contribution is 5.15. The summed E-state index contributed by atoms with van der Waals surface area (Å²) in [5.41, 5.74) is 0. The van der Waals surface area contributed by atoms with Crippen LogP contribution in [0.3, 0.4) is 0 Å². The first-order valence-electron chi connectivity index (χ1n) is 3.58. The normalized spacial score (nSPS) is 30.4. The highest BCUT2D eigenvalue weighted by Gasteiger charge is 2.18. The van der Waals surface area contributed by atoms with Gasteiger partial charge >= 0.3 is 0 Å². The topological polar surface area (TPSA) is 18.5 Å². The highest BCUT2D eigenvalue weighted by atomic mass is 16.5. The molecule has 2 nitrogen and oxygen atoms in total. The molecule has 2 rings (SSSR count). The van der Waals surface area contributed by atoms with Gasteiger partial charge in [0.1, 0.15) is 11.9 Å². The van der Waals surface area contributed by atoms with Crippen molar-refractivity contribution in [1.29, 1.82) is 0 Å². The monoisotopic (exact) mass is 138 g/mol. The van der Waals surface area contributed by atoms with Crippen LogP contribution in [0, 0.1) is 0 Å². The Kier molecular flexibility index (Phi) is 1.47. The van der Waals surface area contributed by atoms with Gasteiger partial charge in [-0.05, 0) is 6.08 Å². The predicted octanol–water partition coefficient (Wildman–Crippen LogP) is 1.25. The summed E-state index contributed by atoms with van der Waals surface area (Å²) in [4.78, 5) is 0. The molecule has 2 aliphatic heterocycles. The minimum atomic E-state index is 0.113. The minimum Gasteiger partial charge on any atom is -0.495 e. The Hall–Kier alpha value is -0.760. The lowest BCUT2D eigenvalue weighted by Crippen LogP contribution is -2.08. The third-order valence-corrected chi connectivity index (χ3v) is 1.70. The third-order valence-electron chi connectivity index (χ3n) is 1.70. The van der Waals surface area contributed by atoms with Gasteiger partial charge < -0.3 is 9.47 Å². The van der Waals surface area contributed by atoms with Gasteiger partial charge in [0.15, 0.2) is 0 Å². The SMILES string of the molecule is C1=CC(C2=CCCO2)OC1. The molecule has 0 fully saturated rings. The molecular formula is C8H10O2. The number of rotatable bonds is 1.